The van der Waals surface area contributed by atoms with Crippen LogP contribution < -0.4 is 0 Å². The van der Waals surface area contributed by atoms with Gasteiger partial charge >= 0.3 is 0 Å². The van der Waals surface area contributed by atoms with Gasteiger partial charge < -0.3 is 4.98 Å². The summed E-state index contributed by atoms with van der Waals surface area (Å²) in [5.74, 6) is 0. The Kier molecular flexibility index (Phi) is 3.04. The lowest BCUT2D eigenvalue weighted by molar-refractivity contribution is 0.219. The fourth-order valence-electron chi connectivity index (χ4n) is 2.52. The smallest absolute Gasteiger partial charge is 0.138 e. The highest BCUT2D eigenvalue weighted by Gasteiger charge is 2.12. The quantitative estimate of drug-likeness (QED) is 0.829. The monoisotopic (exact) mass is 249 g/mol. The summed E-state index contributed by atoms with van der Waals surface area (Å²) in [5.41, 5.74) is 2.31. The van der Waals surface area contributed by atoms with Gasteiger partial charge in [0.1, 0.15) is 5.15 Å². The number of pyridine rings is 1. The van der Waals surface area contributed by atoms with Crippen molar-refractivity contribution >= 4 is 22.5 Å². The number of nitrogens with one attached hydrogen (secondary N) is 1. The van der Waals surface area contributed by atoms with Crippen LogP contribution in [0, 0.1) is 0 Å². The molecule has 1 aliphatic rings. The van der Waals surface area contributed by atoms with Crippen molar-refractivity contribution in [2.45, 2.75) is 25.8 Å². The molecule has 0 aromatic carbocycles. The Morgan fingerprint density at radius 3 is 2.88 bits per heavy atom. The van der Waals surface area contributed by atoms with Crippen LogP contribution in [0.1, 0.15) is 25.0 Å². The molecule has 90 valence electrons. The maximum Gasteiger partial charge on any atom is 0.138 e. The van der Waals surface area contributed by atoms with Gasteiger partial charge in [0.25, 0.3) is 0 Å². The largest absolute Gasteiger partial charge is 0.357 e. The van der Waals surface area contributed by atoms with Crippen molar-refractivity contribution < 1.29 is 0 Å². The van der Waals surface area contributed by atoms with Gasteiger partial charge in [0.05, 0.1) is 5.52 Å². The molecule has 1 saturated heterocycles. The van der Waals surface area contributed by atoms with Crippen molar-refractivity contribution in [1.82, 2.24) is 14.9 Å². The van der Waals surface area contributed by atoms with Gasteiger partial charge in [0.2, 0.25) is 0 Å². The van der Waals surface area contributed by atoms with E-state index in [1.54, 1.807) is 6.20 Å². The third-order valence-corrected chi connectivity index (χ3v) is 3.70. The van der Waals surface area contributed by atoms with Gasteiger partial charge in [-0.15, -0.1) is 0 Å². The van der Waals surface area contributed by atoms with Crippen LogP contribution in [-0.4, -0.2) is 28.0 Å². The summed E-state index contributed by atoms with van der Waals surface area (Å²) >= 11 is 6.07. The van der Waals surface area contributed by atoms with Gasteiger partial charge in [-0.05, 0) is 38.1 Å². The summed E-state index contributed by atoms with van der Waals surface area (Å²) in [5, 5.41) is 1.62. The van der Waals surface area contributed by atoms with Crippen LogP contribution in [0.3, 0.4) is 0 Å². The molecular formula is C13H16ClN3. The van der Waals surface area contributed by atoms with E-state index in [4.69, 9.17) is 11.6 Å². The molecule has 0 amide bonds. The molecule has 17 heavy (non-hydrogen) atoms. The van der Waals surface area contributed by atoms with E-state index >= 15 is 0 Å². The molecule has 1 fully saturated rings. The van der Waals surface area contributed by atoms with Crippen LogP contribution in [0.25, 0.3) is 10.9 Å². The van der Waals surface area contributed by atoms with E-state index in [0.29, 0.717) is 5.15 Å². The van der Waals surface area contributed by atoms with Gasteiger partial charge in [-0.2, -0.15) is 0 Å². The highest BCUT2D eigenvalue weighted by molar-refractivity contribution is 6.34. The lowest BCUT2D eigenvalue weighted by Gasteiger charge is -2.25. The van der Waals surface area contributed by atoms with Crippen LogP contribution in [-0.2, 0) is 6.54 Å². The van der Waals surface area contributed by atoms with E-state index in [0.717, 1.165) is 17.4 Å². The molecule has 1 aliphatic heterocycles. The summed E-state index contributed by atoms with van der Waals surface area (Å²) in [6.45, 7) is 3.41. The van der Waals surface area contributed by atoms with E-state index in [2.05, 4.69) is 20.9 Å². The number of fused-ring (bicyclic) bond motifs is 1. The second-order valence-corrected chi connectivity index (χ2v) is 5.05. The SMILES string of the molecule is Clc1nccc2[nH]c(CN3CCCCC3)cc12. The van der Waals surface area contributed by atoms with Crippen molar-refractivity contribution in [2.75, 3.05) is 13.1 Å². The molecule has 4 heteroatoms. The number of rotatable bonds is 2. The zero-order chi connectivity index (χ0) is 11.7. The van der Waals surface area contributed by atoms with Crippen LogP contribution in [0.2, 0.25) is 5.15 Å². The second-order valence-electron chi connectivity index (χ2n) is 4.69. The maximum atomic E-state index is 6.07. The number of aromatic amines is 1. The van der Waals surface area contributed by atoms with Crippen LogP contribution in [0.4, 0.5) is 0 Å². The number of halogens is 1. The Morgan fingerprint density at radius 2 is 2.12 bits per heavy atom. The molecular weight excluding hydrogens is 234 g/mol. The first kappa shape index (κ1) is 11.1. The minimum absolute atomic E-state index is 0.587. The summed E-state index contributed by atoms with van der Waals surface area (Å²) in [6, 6.07) is 4.10. The van der Waals surface area contributed by atoms with E-state index < -0.39 is 0 Å². The van der Waals surface area contributed by atoms with E-state index in [1.165, 1.54) is 38.0 Å². The molecule has 0 radical (unpaired) electrons. The number of piperidine rings is 1. The fraction of sp³-hybridized carbons (Fsp3) is 0.462. The average molecular weight is 250 g/mol. The van der Waals surface area contributed by atoms with Gasteiger partial charge in [-0.25, -0.2) is 4.98 Å². The number of nitrogens with zero attached hydrogens (tertiary/aromatic N) is 2. The minimum atomic E-state index is 0.587. The summed E-state index contributed by atoms with van der Waals surface area (Å²) in [7, 11) is 0. The van der Waals surface area contributed by atoms with Crippen LogP contribution in [0.5, 0.6) is 0 Å². The summed E-state index contributed by atoms with van der Waals surface area (Å²) in [4.78, 5) is 10.0. The summed E-state index contributed by atoms with van der Waals surface area (Å²) in [6.07, 6.45) is 5.76. The highest BCUT2D eigenvalue weighted by Crippen LogP contribution is 2.23. The third-order valence-electron chi connectivity index (χ3n) is 3.40. The lowest BCUT2D eigenvalue weighted by atomic mass is 10.1. The molecule has 0 unspecified atom stereocenters. The average Bonchev–Trinajstić information content (AvgIpc) is 2.74. The van der Waals surface area contributed by atoms with Crippen molar-refractivity contribution in [3.8, 4) is 0 Å². The number of aromatic nitrogens is 2. The second kappa shape index (κ2) is 4.67. The molecule has 0 spiro atoms. The first-order valence-electron chi connectivity index (χ1n) is 6.17. The van der Waals surface area contributed by atoms with Crippen molar-refractivity contribution in [3.05, 3.63) is 29.2 Å². The molecule has 3 heterocycles. The molecule has 0 bridgehead atoms. The van der Waals surface area contributed by atoms with Gasteiger partial charge in [-0.1, -0.05) is 18.0 Å². The highest BCUT2D eigenvalue weighted by atomic mass is 35.5. The Morgan fingerprint density at radius 1 is 1.29 bits per heavy atom. The topological polar surface area (TPSA) is 31.9 Å². The predicted molar refractivity (Wildman–Crippen MR) is 70.2 cm³/mol. The Hall–Kier alpha value is -1.06. The normalized spacial score (nSPS) is 17.7. The number of hydrogen-bond donors (Lipinski definition) is 1. The molecule has 0 aliphatic carbocycles. The van der Waals surface area contributed by atoms with Crippen molar-refractivity contribution in [2.24, 2.45) is 0 Å². The molecule has 0 saturated carbocycles. The van der Waals surface area contributed by atoms with Gasteiger partial charge in [-0.3, -0.25) is 4.90 Å². The number of hydrogen-bond acceptors (Lipinski definition) is 2. The molecule has 0 atom stereocenters. The molecule has 2 aromatic rings. The Bertz CT molecular complexity index is 514. The molecule has 2 aromatic heterocycles. The first-order valence-corrected chi connectivity index (χ1v) is 6.55. The molecule has 3 rings (SSSR count). The van der Waals surface area contributed by atoms with E-state index in [1.807, 2.05) is 6.07 Å². The summed E-state index contributed by atoms with van der Waals surface area (Å²) < 4.78 is 0. The number of H-pyrrole nitrogens is 1. The number of likely N-dealkylation sites (tertiary alicyclic amines) is 1. The molecule has 3 nitrogen and oxygen atoms in total. The molecule has 1 N–H and O–H groups in total. The minimum Gasteiger partial charge on any atom is -0.357 e. The first-order chi connectivity index (χ1) is 8.33. The van der Waals surface area contributed by atoms with Crippen molar-refractivity contribution in [3.63, 3.8) is 0 Å². The Labute approximate surface area is 106 Å². The van der Waals surface area contributed by atoms with Gasteiger partial charge in [0.15, 0.2) is 0 Å². The zero-order valence-corrected chi connectivity index (χ0v) is 10.5. The zero-order valence-electron chi connectivity index (χ0n) is 9.75. The van der Waals surface area contributed by atoms with Gasteiger partial charge in [0, 0.05) is 23.8 Å². The lowest BCUT2D eigenvalue weighted by Crippen LogP contribution is -2.29. The van der Waals surface area contributed by atoms with Crippen molar-refractivity contribution in [1.29, 1.82) is 0 Å². The standard InChI is InChI=1S/C13H16ClN3/c14-13-11-8-10(16-12(11)4-5-15-13)9-17-6-2-1-3-7-17/h4-5,8,16H,1-3,6-7,9H2. The van der Waals surface area contributed by atoms with E-state index in [-0.39, 0.29) is 0 Å². The van der Waals surface area contributed by atoms with E-state index in [9.17, 15) is 0 Å². The Balaban J connectivity index is 1.83. The third kappa shape index (κ3) is 2.31. The fourth-order valence-corrected chi connectivity index (χ4v) is 2.73. The maximum absolute atomic E-state index is 6.07. The predicted octanol–water partition coefficient (Wildman–Crippen LogP) is 3.20. The van der Waals surface area contributed by atoms with Crippen LogP contribution in [0.15, 0.2) is 18.3 Å². The van der Waals surface area contributed by atoms with Crippen LogP contribution >= 0.6 is 11.6 Å².